The summed E-state index contributed by atoms with van der Waals surface area (Å²) in [5, 5.41) is 6.94. The lowest BCUT2D eigenvalue weighted by Gasteiger charge is -2.31. The molecule has 0 saturated carbocycles. The summed E-state index contributed by atoms with van der Waals surface area (Å²) in [7, 11) is 0. The summed E-state index contributed by atoms with van der Waals surface area (Å²) in [6.07, 6.45) is 2.87. The Morgan fingerprint density at radius 1 is 1.17 bits per heavy atom. The quantitative estimate of drug-likeness (QED) is 0.458. The van der Waals surface area contributed by atoms with Crippen LogP contribution in [0.4, 0.5) is 4.39 Å². The number of benzene rings is 2. The van der Waals surface area contributed by atoms with Crippen LogP contribution in [0.3, 0.4) is 0 Å². The van der Waals surface area contributed by atoms with Crippen molar-refractivity contribution in [2.45, 2.75) is 18.8 Å². The lowest BCUT2D eigenvalue weighted by Crippen LogP contribution is -2.45. The molecule has 2 aromatic carbocycles. The number of para-hydroxylation sites is 1. The van der Waals surface area contributed by atoms with Crippen molar-refractivity contribution in [3.05, 3.63) is 82.2 Å². The number of nitrogens with one attached hydrogen (secondary N) is 2. The highest BCUT2D eigenvalue weighted by Gasteiger charge is 2.29. The van der Waals surface area contributed by atoms with Gasteiger partial charge in [-0.25, -0.2) is 4.39 Å². The molecule has 2 amide bonds. The number of hydrogen-bond acceptors (Lipinski definition) is 6. The van der Waals surface area contributed by atoms with Crippen molar-refractivity contribution in [3.63, 3.8) is 0 Å². The number of piperidine rings is 1. The van der Waals surface area contributed by atoms with Gasteiger partial charge in [0.05, 0.1) is 12.5 Å². The predicted octanol–water partition coefficient (Wildman–Crippen LogP) is 2.85. The number of carbonyl (C=O) groups excluding carboxylic acids is 2. The Hall–Kier alpha value is -4.34. The zero-order valence-corrected chi connectivity index (χ0v) is 18.7. The number of nitrogens with zero attached hydrogens (tertiary/aromatic N) is 3. The molecule has 1 fully saturated rings. The van der Waals surface area contributed by atoms with E-state index in [1.807, 2.05) is 0 Å². The van der Waals surface area contributed by atoms with E-state index in [9.17, 15) is 18.8 Å². The first-order valence-electron chi connectivity index (χ1n) is 11.3. The van der Waals surface area contributed by atoms with Crippen molar-refractivity contribution in [3.8, 4) is 11.4 Å². The minimum absolute atomic E-state index is 0.0489. The largest absolute Gasteiger partial charge is 0.360 e. The molecule has 0 bridgehead atoms. The topological polar surface area (TPSA) is 121 Å². The molecule has 10 heteroatoms. The number of fused-ring (bicyclic) bond motifs is 1. The number of aromatic nitrogens is 3. The molecule has 5 rings (SSSR count). The summed E-state index contributed by atoms with van der Waals surface area (Å²) >= 11 is 0. The Bertz CT molecular complexity index is 1450. The third kappa shape index (κ3) is 4.68. The number of amides is 2. The van der Waals surface area contributed by atoms with Crippen LogP contribution in [0, 0.1) is 5.82 Å². The highest BCUT2D eigenvalue weighted by Crippen LogP contribution is 2.27. The maximum atomic E-state index is 13.2. The molecule has 2 aromatic heterocycles. The van der Waals surface area contributed by atoms with Gasteiger partial charge < -0.3 is 19.7 Å². The van der Waals surface area contributed by atoms with E-state index in [4.69, 9.17) is 4.52 Å². The summed E-state index contributed by atoms with van der Waals surface area (Å²) in [6, 6.07) is 12.7. The number of likely N-dealkylation sites (tertiary alicyclic amines) is 1. The van der Waals surface area contributed by atoms with Crippen molar-refractivity contribution < 1.29 is 18.5 Å². The number of hydrogen-bond donors (Lipinski definition) is 2. The summed E-state index contributed by atoms with van der Waals surface area (Å²) < 4.78 is 18.6. The van der Waals surface area contributed by atoms with Crippen molar-refractivity contribution in [1.29, 1.82) is 0 Å². The molecular weight excluding hydrogens is 453 g/mol. The SMILES string of the molecule is O=C(NCC(=O)N1CCC[C@@H](c2nc(-c3ccc(F)cc3)no2)C1)c1c[nH]c2ccccc2c1=O. The number of aromatic amines is 1. The van der Waals surface area contributed by atoms with Gasteiger partial charge in [-0.15, -0.1) is 0 Å². The summed E-state index contributed by atoms with van der Waals surface area (Å²) in [4.78, 5) is 47.0. The van der Waals surface area contributed by atoms with Gasteiger partial charge in [0.2, 0.25) is 23.1 Å². The molecule has 2 N–H and O–H groups in total. The average Bonchev–Trinajstić information content (AvgIpc) is 3.38. The maximum Gasteiger partial charge on any atom is 0.257 e. The molecule has 0 unspecified atom stereocenters. The van der Waals surface area contributed by atoms with E-state index < -0.39 is 11.3 Å². The molecule has 0 aliphatic carbocycles. The molecule has 1 aliphatic rings. The Labute approximate surface area is 199 Å². The first kappa shape index (κ1) is 22.5. The van der Waals surface area contributed by atoms with Gasteiger partial charge in [0.25, 0.3) is 5.91 Å². The number of rotatable bonds is 5. The van der Waals surface area contributed by atoms with E-state index in [2.05, 4.69) is 20.4 Å². The fraction of sp³-hybridized carbons (Fsp3) is 0.240. The van der Waals surface area contributed by atoms with Crippen LogP contribution in [0.5, 0.6) is 0 Å². The van der Waals surface area contributed by atoms with Crippen LogP contribution in [0.2, 0.25) is 0 Å². The van der Waals surface area contributed by atoms with Gasteiger partial charge in [0, 0.05) is 35.8 Å². The van der Waals surface area contributed by atoms with Crippen molar-refractivity contribution in [1.82, 2.24) is 25.3 Å². The number of H-pyrrole nitrogens is 1. The Balaban J connectivity index is 1.21. The lowest BCUT2D eigenvalue weighted by atomic mass is 9.98. The summed E-state index contributed by atoms with van der Waals surface area (Å²) in [5.41, 5.74) is 0.826. The summed E-state index contributed by atoms with van der Waals surface area (Å²) in [5.74, 6) is -0.604. The molecule has 9 nitrogen and oxygen atoms in total. The molecule has 0 radical (unpaired) electrons. The minimum atomic E-state index is -0.611. The van der Waals surface area contributed by atoms with Crippen LogP contribution in [0.25, 0.3) is 22.3 Å². The zero-order chi connectivity index (χ0) is 24.4. The molecule has 3 heterocycles. The van der Waals surface area contributed by atoms with Crippen LogP contribution < -0.4 is 10.7 Å². The van der Waals surface area contributed by atoms with Crippen LogP contribution in [-0.4, -0.2) is 51.5 Å². The van der Waals surface area contributed by atoms with Crippen molar-refractivity contribution in [2.24, 2.45) is 0 Å². The van der Waals surface area contributed by atoms with Gasteiger partial charge in [-0.2, -0.15) is 4.98 Å². The maximum absolute atomic E-state index is 13.2. The van der Waals surface area contributed by atoms with Gasteiger partial charge in [-0.05, 0) is 49.2 Å². The van der Waals surface area contributed by atoms with Gasteiger partial charge in [0.15, 0.2) is 0 Å². The molecule has 1 atom stereocenters. The van der Waals surface area contributed by atoms with Gasteiger partial charge >= 0.3 is 0 Å². The second-order valence-electron chi connectivity index (χ2n) is 8.40. The molecule has 1 aliphatic heterocycles. The highest BCUT2D eigenvalue weighted by atomic mass is 19.1. The monoisotopic (exact) mass is 475 g/mol. The van der Waals surface area contributed by atoms with E-state index in [0.29, 0.717) is 41.3 Å². The van der Waals surface area contributed by atoms with Gasteiger partial charge in [-0.3, -0.25) is 14.4 Å². The zero-order valence-electron chi connectivity index (χ0n) is 18.7. The fourth-order valence-electron chi connectivity index (χ4n) is 4.22. The third-order valence-electron chi connectivity index (χ3n) is 6.10. The Morgan fingerprint density at radius 2 is 1.97 bits per heavy atom. The van der Waals surface area contributed by atoms with Gasteiger partial charge in [-0.1, -0.05) is 17.3 Å². The molecule has 35 heavy (non-hydrogen) atoms. The summed E-state index contributed by atoms with van der Waals surface area (Å²) in [6.45, 7) is 0.680. The third-order valence-corrected chi connectivity index (χ3v) is 6.10. The number of pyridine rings is 1. The highest BCUT2D eigenvalue weighted by molar-refractivity contribution is 5.98. The predicted molar refractivity (Wildman–Crippen MR) is 125 cm³/mol. The normalized spacial score (nSPS) is 15.8. The molecule has 4 aromatic rings. The number of halogens is 1. The van der Waals surface area contributed by atoms with Gasteiger partial charge in [0.1, 0.15) is 11.4 Å². The van der Waals surface area contributed by atoms with E-state index in [1.54, 1.807) is 41.3 Å². The van der Waals surface area contributed by atoms with E-state index in [0.717, 1.165) is 12.8 Å². The molecular formula is C25H22FN5O4. The second-order valence-corrected chi connectivity index (χ2v) is 8.40. The van der Waals surface area contributed by atoms with E-state index in [1.165, 1.54) is 18.3 Å². The average molecular weight is 475 g/mol. The van der Waals surface area contributed by atoms with E-state index >= 15 is 0 Å². The first-order valence-corrected chi connectivity index (χ1v) is 11.3. The first-order chi connectivity index (χ1) is 17.0. The minimum Gasteiger partial charge on any atom is -0.360 e. The fourth-order valence-corrected chi connectivity index (χ4v) is 4.22. The standard InChI is InChI=1S/C25H22FN5O4/c26-17-9-7-15(8-10-17)23-29-25(35-30-23)16-4-3-11-31(14-16)21(32)13-28-24(34)19-12-27-20-6-2-1-5-18(20)22(19)33/h1-2,5-10,12,16H,3-4,11,13-14H2,(H,27,33)(H,28,34)/t16-/m1/s1. The number of carbonyl (C=O) groups is 2. The Morgan fingerprint density at radius 3 is 2.80 bits per heavy atom. The van der Waals surface area contributed by atoms with Crippen molar-refractivity contribution >= 4 is 22.7 Å². The molecule has 0 spiro atoms. The molecule has 1 saturated heterocycles. The van der Waals surface area contributed by atoms with Crippen LogP contribution in [0.1, 0.15) is 35.0 Å². The molecule has 178 valence electrons. The smallest absolute Gasteiger partial charge is 0.257 e. The van der Waals surface area contributed by atoms with Crippen molar-refractivity contribution in [2.75, 3.05) is 19.6 Å². The van der Waals surface area contributed by atoms with Crippen LogP contribution in [0.15, 0.2) is 64.0 Å². The lowest BCUT2D eigenvalue weighted by molar-refractivity contribution is -0.131. The van der Waals surface area contributed by atoms with E-state index in [-0.39, 0.29) is 29.8 Å². The van der Waals surface area contributed by atoms with Crippen LogP contribution in [-0.2, 0) is 4.79 Å². The Kier molecular flexibility index (Phi) is 6.09. The van der Waals surface area contributed by atoms with Crippen LogP contribution >= 0.6 is 0 Å². The second kappa shape index (κ2) is 9.49.